The van der Waals surface area contributed by atoms with Gasteiger partial charge in [0.05, 0.1) is 18.7 Å². The Bertz CT molecular complexity index is 741. The first kappa shape index (κ1) is 19.4. The molecule has 1 aliphatic rings. The number of likely N-dealkylation sites (tertiary alicyclic amines) is 1. The van der Waals surface area contributed by atoms with Gasteiger partial charge in [0.15, 0.2) is 0 Å². The van der Waals surface area contributed by atoms with Gasteiger partial charge in [-0.2, -0.15) is 0 Å². The smallest absolute Gasteiger partial charge is 0.255 e. The Morgan fingerprint density at radius 3 is 2.93 bits per heavy atom. The summed E-state index contributed by atoms with van der Waals surface area (Å²) in [6.45, 7) is 5.94. The van der Waals surface area contributed by atoms with Crippen LogP contribution in [0.4, 0.5) is 5.82 Å². The van der Waals surface area contributed by atoms with Crippen LogP contribution >= 0.6 is 0 Å². The van der Waals surface area contributed by atoms with E-state index in [0.29, 0.717) is 24.6 Å². The van der Waals surface area contributed by atoms with Crippen molar-refractivity contribution >= 4 is 11.7 Å². The second-order valence-electron chi connectivity index (χ2n) is 7.11. The van der Waals surface area contributed by atoms with E-state index in [0.717, 1.165) is 44.1 Å². The molecule has 2 aromatic rings. The van der Waals surface area contributed by atoms with E-state index in [1.54, 1.807) is 13.3 Å². The number of hydrogen-bond acceptors (Lipinski definition) is 5. The summed E-state index contributed by atoms with van der Waals surface area (Å²) in [5, 5.41) is 0. The number of aromatic nitrogens is 3. The fourth-order valence-corrected chi connectivity index (χ4v) is 3.61. The first-order valence-corrected chi connectivity index (χ1v) is 9.57. The number of carbonyl (C=O) groups is 1. The molecule has 1 atom stereocenters. The van der Waals surface area contributed by atoms with Crippen LogP contribution in [0.5, 0.6) is 0 Å². The van der Waals surface area contributed by atoms with Gasteiger partial charge in [-0.3, -0.25) is 4.79 Å². The second kappa shape index (κ2) is 8.99. The van der Waals surface area contributed by atoms with Gasteiger partial charge in [-0.1, -0.05) is 0 Å². The molecule has 3 heterocycles. The van der Waals surface area contributed by atoms with E-state index in [2.05, 4.69) is 21.5 Å². The number of aryl methyl sites for hydroxylation is 1. The largest absolute Gasteiger partial charge is 0.384 e. The van der Waals surface area contributed by atoms with E-state index < -0.39 is 0 Å². The van der Waals surface area contributed by atoms with Gasteiger partial charge in [0.2, 0.25) is 0 Å². The van der Waals surface area contributed by atoms with Crippen molar-refractivity contribution in [3.8, 4) is 0 Å². The van der Waals surface area contributed by atoms with Gasteiger partial charge in [-0.05, 0) is 37.8 Å². The van der Waals surface area contributed by atoms with E-state index in [-0.39, 0.29) is 5.91 Å². The summed E-state index contributed by atoms with van der Waals surface area (Å²) in [6.07, 6.45) is 7.62. The second-order valence-corrected chi connectivity index (χ2v) is 7.11. The molecule has 146 valence electrons. The van der Waals surface area contributed by atoms with Crippen LogP contribution in [0.2, 0.25) is 0 Å². The molecule has 3 rings (SSSR count). The number of nitrogens with zero attached hydrogens (tertiary/aromatic N) is 5. The number of ether oxygens (including phenoxy) is 1. The Labute approximate surface area is 161 Å². The van der Waals surface area contributed by atoms with Crippen LogP contribution in [0.25, 0.3) is 0 Å². The van der Waals surface area contributed by atoms with Gasteiger partial charge in [-0.15, -0.1) is 0 Å². The lowest BCUT2D eigenvalue weighted by atomic mass is 9.98. The number of rotatable bonds is 7. The summed E-state index contributed by atoms with van der Waals surface area (Å²) in [7, 11) is 3.70. The average Bonchev–Trinajstić information content (AvgIpc) is 3.15. The fraction of sp³-hybridized carbons (Fsp3) is 0.550. The number of amides is 1. The third-order valence-electron chi connectivity index (χ3n) is 5.12. The van der Waals surface area contributed by atoms with Crippen molar-refractivity contribution in [3.05, 3.63) is 42.1 Å². The predicted molar refractivity (Wildman–Crippen MR) is 105 cm³/mol. The van der Waals surface area contributed by atoms with Crippen molar-refractivity contribution in [2.24, 2.45) is 5.92 Å². The van der Waals surface area contributed by atoms with Crippen molar-refractivity contribution in [1.29, 1.82) is 0 Å². The molecule has 7 heteroatoms. The molecule has 0 bridgehead atoms. The molecule has 0 aliphatic carbocycles. The first-order chi connectivity index (χ1) is 13.1. The van der Waals surface area contributed by atoms with Crippen molar-refractivity contribution in [2.75, 3.05) is 38.8 Å². The number of hydrogen-bond donors (Lipinski definition) is 0. The van der Waals surface area contributed by atoms with Crippen LogP contribution in [-0.4, -0.2) is 59.2 Å². The Kier molecular flexibility index (Phi) is 6.45. The Morgan fingerprint density at radius 1 is 1.37 bits per heavy atom. The van der Waals surface area contributed by atoms with Gasteiger partial charge < -0.3 is 19.1 Å². The number of carbonyl (C=O) groups excluding carboxylic acids is 1. The monoisotopic (exact) mass is 371 g/mol. The zero-order valence-electron chi connectivity index (χ0n) is 16.5. The summed E-state index contributed by atoms with van der Waals surface area (Å²) < 4.78 is 7.37. The maximum Gasteiger partial charge on any atom is 0.255 e. The van der Waals surface area contributed by atoms with E-state index in [4.69, 9.17) is 4.74 Å². The summed E-state index contributed by atoms with van der Waals surface area (Å²) >= 11 is 0. The molecule has 0 spiro atoms. The van der Waals surface area contributed by atoms with E-state index >= 15 is 0 Å². The molecule has 0 saturated carbocycles. The lowest BCUT2D eigenvalue weighted by molar-refractivity contribution is 0.0570. The first-order valence-electron chi connectivity index (χ1n) is 9.57. The van der Waals surface area contributed by atoms with Gasteiger partial charge in [0.1, 0.15) is 11.6 Å². The fourth-order valence-electron chi connectivity index (χ4n) is 3.61. The topological polar surface area (TPSA) is 63.5 Å². The minimum absolute atomic E-state index is 0.0547. The molecule has 0 radical (unpaired) electrons. The third-order valence-corrected chi connectivity index (χ3v) is 5.12. The number of piperidine rings is 1. The number of imidazole rings is 1. The highest BCUT2D eigenvalue weighted by atomic mass is 16.5. The highest BCUT2D eigenvalue weighted by Gasteiger charge is 2.24. The van der Waals surface area contributed by atoms with E-state index in [1.807, 2.05) is 41.4 Å². The van der Waals surface area contributed by atoms with Crippen LogP contribution in [0.3, 0.4) is 0 Å². The number of anilines is 1. The molecule has 0 N–H and O–H groups in total. The molecular weight excluding hydrogens is 342 g/mol. The van der Waals surface area contributed by atoms with E-state index in [9.17, 15) is 4.79 Å². The van der Waals surface area contributed by atoms with Gasteiger partial charge in [0.25, 0.3) is 5.91 Å². The lowest BCUT2D eigenvalue weighted by Gasteiger charge is -2.32. The highest BCUT2D eigenvalue weighted by molar-refractivity contribution is 5.94. The molecule has 1 saturated heterocycles. The molecule has 1 amide bonds. The summed E-state index contributed by atoms with van der Waals surface area (Å²) in [4.78, 5) is 25.7. The zero-order chi connectivity index (χ0) is 19.2. The van der Waals surface area contributed by atoms with Crippen LogP contribution in [0, 0.1) is 5.92 Å². The SMILES string of the molecule is CCn1ccnc1CN(C)c1ccc(C(=O)N2CCC[C@@H](COC)C2)cn1. The highest BCUT2D eigenvalue weighted by Crippen LogP contribution is 2.20. The Hall–Kier alpha value is -2.41. The molecule has 0 aromatic carbocycles. The van der Waals surface area contributed by atoms with Crippen molar-refractivity contribution in [3.63, 3.8) is 0 Å². The van der Waals surface area contributed by atoms with Crippen molar-refractivity contribution in [2.45, 2.75) is 32.9 Å². The molecule has 1 aliphatic heterocycles. The van der Waals surface area contributed by atoms with Gasteiger partial charge >= 0.3 is 0 Å². The minimum Gasteiger partial charge on any atom is -0.384 e. The van der Waals surface area contributed by atoms with E-state index in [1.165, 1.54) is 0 Å². The number of methoxy groups -OCH3 is 1. The third kappa shape index (κ3) is 4.66. The zero-order valence-corrected chi connectivity index (χ0v) is 16.5. The lowest BCUT2D eigenvalue weighted by Crippen LogP contribution is -2.41. The number of pyridine rings is 1. The van der Waals surface area contributed by atoms with Gasteiger partial charge in [0, 0.05) is 52.4 Å². The summed E-state index contributed by atoms with van der Waals surface area (Å²) in [5.41, 5.74) is 0.639. The molecule has 0 unspecified atom stereocenters. The van der Waals surface area contributed by atoms with Gasteiger partial charge in [-0.25, -0.2) is 9.97 Å². The van der Waals surface area contributed by atoms with Crippen LogP contribution in [0.15, 0.2) is 30.7 Å². The summed E-state index contributed by atoms with van der Waals surface area (Å²) in [5.74, 6) is 2.31. The Morgan fingerprint density at radius 2 is 2.22 bits per heavy atom. The molecule has 1 fully saturated rings. The predicted octanol–water partition coefficient (Wildman–Crippen LogP) is 2.43. The van der Waals surface area contributed by atoms with Crippen LogP contribution in [-0.2, 0) is 17.8 Å². The van der Waals surface area contributed by atoms with Crippen molar-refractivity contribution < 1.29 is 9.53 Å². The van der Waals surface area contributed by atoms with Crippen molar-refractivity contribution in [1.82, 2.24) is 19.4 Å². The quantitative estimate of drug-likeness (QED) is 0.748. The normalized spacial score (nSPS) is 17.1. The molecule has 2 aromatic heterocycles. The molecule has 7 nitrogen and oxygen atoms in total. The Balaban J connectivity index is 1.63. The minimum atomic E-state index is 0.0547. The van der Waals surface area contributed by atoms with Crippen LogP contribution in [0.1, 0.15) is 35.9 Å². The standard InChI is InChI=1S/C20H29N5O2/c1-4-24-11-9-21-19(24)14-23(2)18-8-7-17(12-22-18)20(26)25-10-5-6-16(13-25)15-27-3/h7-9,11-12,16H,4-6,10,13-15H2,1-3H3/t16-/m1/s1. The maximum absolute atomic E-state index is 12.8. The maximum atomic E-state index is 12.8. The average molecular weight is 371 g/mol. The summed E-state index contributed by atoms with van der Waals surface area (Å²) in [6, 6.07) is 3.77. The van der Waals surface area contributed by atoms with Crippen LogP contribution < -0.4 is 4.90 Å². The molecule has 27 heavy (non-hydrogen) atoms. The molecular formula is C20H29N5O2.